The molecule has 1 unspecified atom stereocenters. The van der Waals surface area contributed by atoms with E-state index in [1.54, 1.807) is 0 Å². The summed E-state index contributed by atoms with van der Waals surface area (Å²) in [5, 5.41) is 3.45. The first-order valence-electron chi connectivity index (χ1n) is 5.72. The number of rotatable bonds is 5. The number of nitrogens with one attached hydrogen (secondary N) is 1. The molecule has 0 aliphatic heterocycles. The van der Waals surface area contributed by atoms with Gasteiger partial charge < -0.3 is 16.0 Å². The minimum atomic E-state index is 0.403. The van der Waals surface area contributed by atoms with Crippen molar-refractivity contribution < 1.29 is 0 Å². The molecule has 1 aromatic carbocycles. The maximum atomic E-state index is 5.64. The molecule has 0 saturated heterocycles. The number of nitrogens with two attached hydrogens (primary N) is 1. The van der Waals surface area contributed by atoms with Crippen molar-refractivity contribution in [3.05, 3.63) is 29.3 Å². The van der Waals surface area contributed by atoms with Crippen LogP contribution in [-0.4, -0.2) is 36.6 Å². The second-order valence-corrected chi connectivity index (χ2v) is 5.14. The van der Waals surface area contributed by atoms with E-state index in [0.29, 0.717) is 11.0 Å². The summed E-state index contributed by atoms with van der Waals surface area (Å²) in [4.78, 5) is 2.61. The number of thiocarbonyl (C=S) groups is 1. The van der Waals surface area contributed by atoms with Crippen LogP contribution in [0.2, 0.25) is 0 Å². The number of nitrogens with zero attached hydrogens (tertiary/aromatic N) is 1. The van der Waals surface area contributed by atoms with Gasteiger partial charge in [-0.15, -0.1) is 0 Å². The van der Waals surface area contributed by atoms with Gasteiger partial charge in [0.05, 0.1) is 0 Å². The lowest BCUT2D eigenvalue weighted by Gasteiger charge is -2.20. The molecule has 1 aromatic rings. The van der Waals surface area contributed by atoms with Crippen LogP contribution in [-0.2, 0) is 0 Å². The molecule has 0 saturated carbocycles. The predicted molar refractivity (Wildman–Crippen MR) is 78.7 cm³/mol. The Morgan fingerprint density at radius 2 is 2.12 bits per heavy atom. The average Bonchev–Trinajstić information content (AvgIpc) is 2.15. The predicted octanol–water partition coefficient (Wildman–Crippen LogP) is 1.99. The first kappa shape index (κ1) is 13.9. The Labute approximate surface area is 109 Å². The molecule has 0 aliphatic carbocycles. The first-order chi connectivity index (χ1) is 7.90. The number of hydrogen-bond acceptors (Lipinski definition) is 3. The quantitative estimate of drug-likeness (QED) is 0.785. The molecule has 0 heterocycles. The topological polar surface area (TPSA) is 41.3 Å². The summed E-state index contributed by atoms with van der Waals surface area (Å²) in [5.74, 6) is 0. The highest BCUT2D eigenvalue weighted by molar-refractivity contribution is 7.80. The fourth-order valence-corrected chi connectivity index (χ4v) is 2.14. The Morgan fingerprint density at radius 3 is 2.59 bits per heavy atom. The molecule has 0 fully saturated rings. The summed E-state index contributed by atoms with van der Waals surface area (Å²) >= 11 is 4.99. The normalized spacial score (nSPS) is 12.5. The number of hydrogen-bond donors (Lipinski definition) is 2. The van der Waals surface area contributed by atoms with Gasteiger partial charge in [-0.05, 0) is 51.7 Å². The van der Waals surface area contributed by atoms with E-state index >= 15 is 0 Å². The van der Waals surface area contributed by atoms with Crippen LogP contribution in [0.1, 0.15) is 18.1 Å². The zero-order chi connectivity index (χ0) is 13.0. The zero-order valence-electron chi connectivity index (χ0n) is 10.9. The molecule has 0 aromatic heterocycles. The molecule has 1 rings (SSSR count). The summed E-state index contributed by atoms with van der Waals surface area (Å²) in [6.45, 7) is 5.18. The van der Waals surface area contributed by atoms with Crippen LogP contribution in [0.15, 0.2) is 18.2 Å². The standard InChI is InChI=1S/C13H21N3S/c1-9-7-11(5-6-12(9)13(14)17)15-10(2)8-16(3)4/h5-7,10,15H,8H2,1-4H3,(H2,14,17). The maximum Gasteiger partial charge on any atom is 0.104 e. The molecular weight excluding hydrogens is 230 g/mol. The zero-order valence-corrected chi connectivity index (χ0v) is 11.8. The van der Waals surface area contributed by atoms with Gasteiger partial charge >= 0.3 is 0 Å². The molecule has 3 nitrogen and oxygen atoms in total. The lowest BCUT2D eigenvalue weighted by molar-refractivity contribution is 0.392. The van der Waals surface area contributed by atoms with Gasteiger partial charge in [0.1, 0.15) is 4.99 Å². The van der Waals surface area contributed by atoms with Crippen LogP contribution >= 0.6 is 12.2 Å². The van der Waals surface area contributed by atoms with Gasteiger partial charge in [-0.25, -0.2) is 0 Å². The number of likely N-dealkylation sites (N-methyl/N-ethyl adjacent to an activating group) is 1. The monoisotopic (exact) mass is 251 g/mol. The SMILES string of the molecule is Cc1cc(NC(C)CN(C)C)ccc1C(N)=S. The van der Waals surface area contributed by atoms with Crippen molar-refractivity contribution in [2.75, 3.05) is 26.0 Å². The Morgan fingerprint density at radius 1 is 1.47 bits per heavy atom. The van der Waals surface area contributed by atoms with E-state index in [1.165, 1.54) is 0 Å². The highest BCUT2D eigenvalue weighted by Gasteiger charge is 2.06. The lowest BCUT2D eigenvalue weighted by Crippen LogP contribution is -2.29. The molecule has 0 amide bonds. The van der Waals surface area contributed by atoms with E-state index in [1.807, 2.05) is 19.1 Å². The Hall–Kier alpha value is -1.13. The summed E-state index contributed by atoms with van der Waals surface area (Å²) in [6, 6.07) is 6.48. The highest BCUT2D eigenvalue weighted by atomic mass is 32.1. The van der Waals surface area contributed by atoms with Crippen molar-refractivity contribution in [1.29, 1.82) is 0 Å². The van der Waals surface area contributed by atoms with Gasteiger partial charge in [0.25, 0.3) is 0 Å². The lowest BCUT2D eigenvalue weighted by atomic mass is 10.1. The molecule has 0 bridgehead atoms. The van der Waals surface area contributed by atoms with Gasteiger partial charge in [-0.3, -0.25) is 0 Å². The largest absolute Gasteiger partial charge is 0.389 e. The van der Waals surface area contributed by atoms with Crippen molar-refractivity contribution in [1.82, 2.24) is 4.90 Å². The van der Waals surface area contributed by atoms with Crippen LogP contribution in [0, 0.1) is 6.92 Å². The second kappa shape index (κ2) is 5.98. The Balaban J connectivity index is 2.74. The minimum Gasteiger partial charge on any atom is -0.389 e. The fourth-order valence-electron chi connectivity index (χ4n) is 1.91. The Bertz CT molecular complexity index is 402. The smallest absolute Gasteiger partial charge is 0.104 e. The van der Waals surface area contributed by atoms with Gasteiger partial charge in [0.2, 0.25) is 0 Å². The molecule has 0 radical (unpaired) electrons. The van der Waals surface area contributed by atoms with Crippen LogP contribution < -0.4 is 11.1 Å². The van der Waals surface area contributed by atoms with E-state index in [4.69, 9.17) is 18.0 Å². The maximum absolute atomic E-state index is 5.64. The molecule has 17 heavy (non-hydrogen) atoms. The van der Waals surface area contributed by atoms with Crippen LogP contribution in [0.3, 0.4) is 0 Å². The van der Waals surface area contributed by atoms with Crippen LogP contribution in [0.25, 0.3) is 0 Å². The summed E-state index contributed by atoms with van der Waals surface area (Å²) in [6.07, 6.45) is 0. The van der Waals surface area contributed by atoms with Crippen molar-refractivity contribution in [3.8, 4) is 0 Å². The second-order valence-electron chi connectivity index (χ2n) is 4.70. The number of aryl methyl sites for hydroxylation is 1. The fraction of sp³-hybridized carbons (Fsp3) is 0.462. The molecule has 94 valence electrons. The minimum absolute atomic E-state index is 0.403. The summed E-state index contributed by atoms with van der Waals surface area (Å²) < 4.78 is 0. The van der Waals surface area contributed by atoms with Crippen LogP contribution in [0.4, 0.5) is 5.69 Å². The number of anilines is 1. The van der Waals surface area contributed by atoms with E-state index in [2.05, 4.69) is 37.3 Å². The van der Waals surface area contributed by atoms with Gasteiger partial charge in [-0.1, -0.05) is 12.2 Å². The average molecular weight is 251 g/mol. The van der Waals surface area contributed by atoms with E-state index in [-0.39, 0.29) is 0 Å². The third kappa shape index (κ3) is 4.32. The number of benzene rings is 1. The van der Waals surface area contributed by atoms with E-state index in [0.717, 1.165) is 23.4 Å². The third-order valence-corrected chi connectivity index (χ3v) is 2.76. The molecule has 0 spiro atoms. The van der Waals surface area contributed by atoms with Gasteiger partial charge in [0.15, 0.2) is 0 Å². The highest BCUT2D eigenvalue weighted by Crippen LogP contribution is 2.16. The van der Waals surface area contributed by atoms with Gasteiger partial charge in [-0.2, -0.15) is 0 Å². The first-order valence-corrected chi connectivity index (χ1v) is 6.12. The van der Waals surface area contributed by atoms with Crippen molar-refractivity contribution in [3.63, 3.8) is 0 Å². The molecule has 1 atom stereocenters. The van der Waals surface area contributed by atoms with E-state index in [9.17, 15) is 0 Å². The molecule has 3 N–H and O–H groups in total. The molecule has 4 heteroatoms. The van der Waals surface area contributed by atoms with E-state index < -0.39 is 0 Å². The molecule has 0 aliphatic rings. The van der Waals surface area contributed by atoms with Gasteiger partial charge in [0, 0.05) is 23.8 Å². The third-order valence-electron chi connectivity index (χ3n) is 2.54. The summed E-state index contributed by atoms with van der Waals surface area (Å²) in [7, 11) is 4.14. The summed E-state index contributed by atoms with van der Waals surface area (Å²) in [5.41, 5.74) is 8.80. The van der Waals surface area contributed by atoms with Crippen molar-refractivity contribution in [2.24, 2.45) is 5.73 Å². The van der Waals surface area contributed by atoms with Crippen LogP contribution in [0.5, 0.6) is 0 Å². The Kier molecular flexibility index (Phi) is 4.90. The molecular formula is C13H21N3S. The van der Waals surface area contributed by atoms with Crippen molar-refractivity contribution in [2.45, 2.75) is 19.9 Å². The van der Waals surface area contributed by atoms with Crippen molar-refractivity contribution >= 4 is 22.9 Å².